The molecule has 62 valence electrons. The van der Waals surface area contributed by atoms with Crippen LogP contribution in [-0.2, 0) is 9.53 Å². The number of hydrogen-bond acceptors (Lipinski definition) is 2. The maximum atomic E-state index is 11.5. The third-order valence-electron chi connectivity index (χ3n) is 2.84. The molecular formula is C9H14O2. The Labute approximate surface area is 66.9 Å². The molecule has 0 amide bonds. The first-order chi connectivity index (χ1) is 5.38. The molecule has 0 unspecified atom stereocenters. The van der Waals surface area contributed by atoms with Crippen LogP contribution in [0.25, 0.3) is 0 Å². The molecule has 1 aliphatic heterocycles. The van der Waals surface area contributed by atoms with Gasteiger partial charge in [-0.3, -0.25) is 4.79 Å². The standard InChI is InChI=1S/C9H14O2/c10-9(7-2-1-3-7)8-4-5-11-6-8/h7-8H,1-6H2/t8-/m1/s1. The van der Waals surface area contributed by atoms with Crippen molar-refractivity contribution in [3.63, 3.8) is 0 Å². The Hall–Kier alpha value is -0.370. The summed E-state index contributed by atoms with van der Waals surface area (Å²) in [5.41, 5.74) is 0. The van der Waals surface area contributed by atoms with Crippen LogP contribution in [0.2, 0.25) is 0 Å². The molecule has 0 aromatic rings. The molecule has 1 aliphatic carbocycles. The Morgan fingerprint density at radius 3 is 2.45 bits per heavy atom. The molecule has 0 spiro atoms. The summed E-state index contributed by atoms with van der Waals surface area (Å²) in [4.78, 5) is 11.5. The van der Waals surface area contributed by atoms with Crippen molar-refractivity contribution in [2.75, 3.05) is 13.2 Å². The van der Waals surface area contributed by atoms with Crippen molar-refractivity contribution in [1.29, 1.82) is 0 Å². The summed E-state index contributed by atoms with van der Waals surface area (Å²) >= 11 is 0. The average Bonchev–Trinajstić information content (AvgIpc) is 2.32. The van der Waals surface area contributed by atoms with Gasteiger partial charge in [-0.2, -0.15) is 0 Å². The second-order valence-corrected chi connectivity index (χ2v) is 3.59. The summed E-state index contributed by atoms with van der Waals surface area (Å²) in [5.74, 6) is 1.13. The number of ketones is 1. The lowest BCUT2D eigenvalue weighted by molar-refractivity contribution is -0.129. The van der Waals surface area contributed by atoms with Gasteiger partial charge >= 0.3 is 0 Å². The molecule has 2 heteroatoms. The van der Waals surface area contributed by atoms with Gasteiger partial charge in [-0.05, 0) is 19.3 Å². The van der Waals surface area contributed by atoms with Crippen molar-refractivity contribution in [3.8, 4) is 0 Å². The van der Waals surface area contributed by atoms with Crippen molar-refractivity contribution in [2.45, 2.75) is 25.7 Å². The lowest BCUT2D eigenvalue weighted by atomic mass is 9.78. The topological polar surface area (TPSA) is 26.3 Å². The molecule has 0 aromatic heterocycles. The molecule has 0 aromatic carbocycles. The van der Waals surface area contributed by atoms with Crippen molar-refractivity contribution in [1.82, 2.24) is 0 Å². The first-order valence-corrected chi connectivity index (χ1v) is 4.49. The smallest absolute Gasteiger partial charge is 0.141 e. The molecule has 2 aliphatic rings. The SMILES string of the molecule is O=C(C1CCC1)[C@@H]1CCOC1. The van der Waals surface area contributed by atoms with Gasteiger partial charge in [-0.15, -0.1) is 0 Å². The van der Waals surface area contributed by atoms with E-state index >= 15 is 0 Å². The number of hydrogen-bond donors (Lipinski definition) is 0. The third kappa shape index (κ3) is 1.32. The number of rotatable bonds is 2. The Morgan fingerprint density at radius 2 is 2.00 bits per heavy atom. The van der Waals surface area contributed by atoms with E-state index < -0.39 is 0 Å². The van der Waals surface area contributed by atoms with Crippen LogP contribution in [0.1, 0.15) is 25.7 Å². The Balaban J connectivity index is 1.87. The fourth-order valence-electron chi connectivity index (χ4n) is 1.79. The van der Waals surface area contributed by atoms with Gasteiger partial charge in [0.2, 0.25) is 0 Å². The Bertz CT molecular complexity index is 155. The largest absolute Gasteiger partial charge is 0.381 e. The van der Waals surface area contributed by atoms with E-state index in [4.69, 9.17) is 4.74 Å². The van der Waals surface area contributed by atoms with Crippen LogP contribution in [0.4, 0.5) is 0 Å². The van der Waals surface area contributed by atoms with Gasteiger partial charge in [0.25, 0.3) is 0 Å². The summed E-state index contributed by atoms with van der Waals surface area (Å²) < 4.78 is 5.18. The first-order valence-electron chi connectivity index (χ1n) is 4.49. The lowest BCUT2D eigenvalue weighted by Gasteiger charge is -2.25. The minimum absolute atomic E-state index is 0.250. The highest BCUT2D eigenvalue weighted by molar-refractivity contribution is 5.84. The van der Waals surface area contributed by atoms with Crippen molar-refractivity contribution < 1.29 is 9.53 Å². The first kappa shape index (κ1) is 7.29. The van der Waals surface area contributed by atoms with Crippen LogP contribution in [-0.4, -0.2) is 19.0 Å². The zero-order valence-electron chi connectivity index (χ0n) is 6.71. The van der Waals surface area contributed by atoms with Crippen LogP contribution < -0.4 is 0 Å². The van der Waals surface area contributed by atoms with Crippen LogP contribution >= 0.6 is 0 Å². The van der Waals surface area contributed by atoms with E-state index in [0.717, 1.165) is 25.9 Å². The van der Waals surface area contributed by atoms with Crippen LogP contribution in [0, 0.1) is 11.8 Å². The summed E-state index contributed by atoms with van der Waals surface area (Å²) in [6.07, 6.45) is 4.49. The van der Waals surface area contributed by atoms with Crippen molar-refractivity contribution in [2.24, 2.45) is 11.8 Å². The number of carbonyl (C=O) groups is 1. The van der Waals surface area contributed by atoms with E-state index in [-0.39, 0.29) is 5.92 Å². The average molecular weight is 154 g/mol. The summed E-state index contributed by atoms with van der Waals surface area (Å²) in [7, 11) is 0. The van der Waals surface area contributed by atoms with Gasteiger partial charge in [0, 0.05) is 18.4 Å². The highest BCUT2D eigenvalue weighted by Gasteiger charge is 2.32. The lowest BCUT2D eigenvalue weighted by Crippen LogP contribution is -2.28. The molecule has 0 N–H and O–H groups in total. The van der Waals surface area contributed by atoms with Gasteiger partial charge in [0.05, 0.1) is 6.61 Å². The molecule has 2 rings (SSSR count). The second kappa shape index (κ2) is 2.94. The summed E-state index contributed by atoms with van der Waals surface area (Å²) in [6, 6.07) is 0. The number of carbonyl (C=O) groups excluding carboxylic acids is 1. The molecular weight excluding hydrogens is 140 g/mol. The molecule has 1 saturated carbocycles. The van der Waals surface area contributed by atoms with Crippen LogP contribution in [0.15, 0.2) is 0 Å². The molecule has 11 heavy (non-hydrogen) atoms. The van der Waals surface area contributed by atoms with E-state index in [0.29, 0.717) is 18.3 Å². The zero-order valence-corrected chi connectivity index (χ0v) is 6.71. The fourth-order valence-corrected chi connectivity index (χ4v) is 1.79. The quantitative estimate of drug-likeness (QED) is 0.600. The van der Waals surface area contributed by atoms with E-state index in [9.17, 15) is 4.79 Å². The predicted octanol–water partition coefficient (Wildman–Crippen LogP) is 1.39. The molecule has 2 fully saturated rings. The number of ether oxygens (including phenoxy) is 1. The minimum Gasteiger partial charge on any atom is -0.381 e. The summed E-state index contributed by atoms with van der Waals surface area (Å²) in [5, 5.41) is 0. The van der Waals surface area contributed by atoms with Gasteiger partial charge in [0.15, 0.2) is 0 Å². The van der Waals surface area contributed by atoms with Gasteiger partial charge in [0.1, 0.15) is 5.78 Å². The minimum atomic E-state index is 0.250. The van der Waals surface area contributed by atoms with Crippen LogP contribution in [0.5, 0.6) is 0 Å². The molecule has 0 bridgehead atoms. The monoisotopic (exact) mass is 154 g/mol. The summed E-state index contributed by atoms with van der Waals surface area (Å²) in [6.45, 7) is 1.48. The van der Waals surface area contributed by atoms with Crippen LogP contribution in [0.3, 0.4) is 0 Å². The van der Waals surface area contributed by atoms with E-state index in [1.807, 2.05) is 0 Å². The highest BCUT2D eigenvalue weighted by Crippen LogP contribution is 2.31. The van der Waals surface area contributed by atoms with E-state index in [1.165, 1.54) is 6.42 Å². The van der Waals surface area contributed by atoms with Crippen molar-refractivity contribution in [3.05, 3.63) is 0 Å². The maximum Gasteiger partial charge on any atom is 0.141 e. The van der Waals surface area contributed by atoms with Gasteiger partial charge in [-0.1, -0.05) is 6.42 Å². The van der Waals surface area contributed by atoms with E-state index in [2.05, 4.69) is 0 Å². The Kier molecular flexibility index (Phi) is 1.95. The molecule has 1 atom stereocenters. The van der Waals surface area contributed by atoms with E-state index in [1.54, 1.807) is 0 Å². The fraction of sp³-hybridized carbons (Fsp3) is 0.889. The molecule has 1 heterocycles. The maximum absolute atomic E-state index is 11.5. The second-order valence-electron chi connectivity index (χ2n) is 3.59. The highest BCUT2D eigenvalue weighted by atomic mass is 16.5. The van der Waals surface area contributed by atoms with Gasteiger partial charge < -0.3 is 4.74 Å². The van der Waals surface area contributed by atoms with Crippen molar-refractivity contribution >= 4 is 5.78 Å². The Morgan fingerprint density at radius 1 is 1.18 bits per heavy atom. The zero-order chi connectivity index (χ0) is 7.68. The molecule has 0 radical (unpaired) electrons. The number of Topliss-reactive ketones (excluding diaryl/α,β-unsaturated/α-hetero) is 1. The predicted molar refractivity (Wildman–Crippen MR) is 41.3 cm³/mol. The van der Waals surface area contributed by atoms with Gasteiger partial charge in [-0.25, -0.2) is 0 Å². The molecule has 1 saturated heterocycles. The normalized spacial score (nSPS) is 31.8. The third-order valence-corrected chi connectivity index (χ3v) is 2.84. The molecule has 2 nitrogen and oxygen atoms in total.